The summed E-state index contributed by atoms with van der Waals surface area (Å²) in [5.74, 6) is -2.86. The smallest absolute Gasteiger partial charge is 0.312 e. The maximum atomic E-state index is 14.1. The summed E-state index contributed by atoms with van der Waals surface area (Å²) in [6.07, 6.45) is 9.39. The highest BCUT2D eigenvalue weighted by molar-refractivity contribution is 5.99. The Labute approximate surface area is 201 Å². The van der Waals surface area contributed by atoms with Gasteiger partial charge in [-0.05, 0) is 46.0 Å². The zero-order chi connectivity index (χ0) is 24.8. The minimum absolute atomic E-state index is 0.0976. The first-order valence-corrected chi connectivity index (χ1v) is 12.5. The fourth-order valence-corrected chi connectivity index (χ4v) is 5.94. The number of likely N-dealkylation sites (tertiary alicyclic amines) is 1. The normalized spacial score (nSPS) is 36.0. The standard InChI is InChI=1S/C26H38N2O6/c1-16(2)17(15-29)28-21-23(31)27(25(3,4)5)13-10-12-26(21)20(22(28)30)19-18(34-26)11-8-6-7-9-14-33-24(19)32/h8,10-12,16-21,29H,6-7,9,13-15H2,1-5H3/b11-8-/t17-,18+,19-,20-,21?,26-/m0/s1. The van der Waals surface area contributed by atoms with E-state index >= 15 is 0 Å². The lowest BCUT2D eigenvalue weighted by atomic mass is 9.77. The number of amides is 2. The summed E-state index contributed by atoms with van der Waals surface area (Å²) >= 11 is 0. The van der Waals surface area contributed by atoms with Gasteiger partial charge in [-0.25, -0.2) is 0 Å². The molecule has 0 aromatic carbocycles. The minimum atomic E-state index is -1.30. The number of fused-ring (bicyclic) bond motifs is 2. The molecule has 2 saturated heterocycles. The first kappa shape index (κ1) is 24.9. The number of rotatable bonds is 3. The Morgan fingerprint density at radius 1 is 1.15 bits per heavy atom. The van der Waals surface area contributed by atoms with Crippen LogP contribution in [0.4, 0.5) is 0 Å². The Hall–Kier alpha value is -2.19. The van der Waals surface area contributed by atoms with Crippen molar-refractivity contribution in [2.24, 2.45) is 17.8 Å². The number of carbonyl (C=O) groups excluding carboxylic acids is 3. The number of esters is 1. The van der Waals surface area contributed by atoms with Crippen molar-refractivity contribution in [3.8, 4) is 0 Å². The second-order valence-electron chi connectivity index (χ2n) is 11.2. The molecule has 1 unspecified atom stereocenters. The predicted octanol–water partition coefficient (Wildman–Crippen LogP) is 2.06. The van der Waals surface area contributed by atoms with E-state index in [0.29, 0.717) is 13.2 Å². The molecule has 6 atom stereocenters. The highest BCUT2D eigenvalue weighted by Crippen LogP contribution is 2.54. The maximum absolute atomic E-state index is 14.1. The number of hydrogen-bond donors (Lipinski definition) is 1. The van der Waals surface area contributed by atoms with E-state index in [1.165, 1.54) is 4.90 Å². The van der Waals surface area contributed by atoms with Gasteiger partial charge in [0.1, 0.15) is 17.6 Å². The Kier molecular flexibility index (Phi) is 6.68. The van der Waals surface area contributed by atoms with Gasteiger partial charge in [-0.1, -0.05) is 38.2 Å². The van der Waals surface area contributed by atoms with Crippen LogP contribution in [0.5, 0.6) is 0 Å². The monoisotopic (exact) mass is 474 g/mol. The fourth-order valence-electron chi connectivity index (χ4n) is 5.94. The van der Waals surface area contributed by atoms with E-state index in [1.807, 2.05) is 58.9 Å². The quantitative estimate of drug-likeness (QED) is 0.497. The van der Waals surface area contributed by atoms with Crippen LogP contribution in [0.3, 0.4) is 0 Å². The van der Waals surface area contributed by atoms with Gasteiger partial charge in [0.15, 0.2) is 0 Å². The van der Waals surface area contributed by atoms with Crippen LogP contribution in [-0.4, -0.2) is 81.8 Å². The second-order valence-corrected chi connectivity index (χ2v) is 11.2. The summed E-state index contributed by atoms with van der Waals surface area (Å²) in [4.78, 5) is 44.8. The molecule has 34 heavy (non-hydrogen) atoms. The van der Waals surface area contributed by atoms with Crippen LogP contribution in [0, 0.1) is 17.8 Å². The molecule has 4 rings (SSSR count). The van der Waals surface area contributed by atoms with Gasteiger partial charge in [0.05, 0.1) is 31.3 Å². The summed E-state index contributed by atoms with van der Waals surface area (Å²) < 4.78 is 12.2. The molecule has 2 amide bonds. The van der Waals surface area contributed by atoms with Crippen LogP contribution in [0.15, 0.2) is 24.3 Å². The van der Waals surface area contributed by atoms with Crippen LogP contribution < -0.4 is 0 Å². The topological polar surface area (TPSA) is 96.4 Å². The Morgan fingerprint density at radius 2 is 1.88 bits per heavy atom. The molecule has 0 aromatic heterocycles. The number of aliphatic hydroxyl groups is 1. The molecule has 1 N–H and O–H groups in total. The Balaban J connectivity index is 1.88. The highest BCUT2D eigenvalue weighted by Gasteiger charge is 2.72. The lowest BCUT2D eigenvalue weighted by Crippen LogP contribution is -2.61. The van der Waals surface area contributed by atoms with E-state index in [0.717, 1.165) is 19.3 Å². The number of cyclic esters (lactones) is 1. The number of hydrogen-bond acceptors (Lipinski definition) is 6. The molecule has 0 saturated carbocycles. The van der Waals surface area contributed by atoms with Crippen molar-refractivity contribution in [3.05, 3.63) is 24.3 Å². The largest absolute Gasteiger partial charge is 0.465 e. The highest BCUT2D eigenvalue weighted by atomic mass is 16.6. The third kappa shape index (κ3) is 3.88. The number of ether oxygens (including phenoxy) is 2. The molecule has 0 aliphatic carbocycles. The minimum Gasteiger partial charge on any atom is -0.465 e. The molecule has 2 fully saturated rings. The molecule has 188 valence electrons. The molecular formula is C26H38N2O6. The molecule has 4 heterocycles. The van der Waals surface area contributed by atoms with Gasteiger partial charge in [0.2, 0.25) is 11.8 Å². The molecular weight excluding hydrogens is 436 g/mol. The Morgan fingerprint density at radius 3 is 2.53 bits per heavy atom. The lowest BCUT2D eigenvalue weighted by Gasteiger charge is -2.42. The van der Waals surface area contributed by atoms with Crippen molar-refractivity contribution in [2.75, 3.05) is 19.8 Å². The molecule has 8 nitrogen and oxygen atoms in total. The molecule has 1 spiro atoms. The molecule has 0 aromatic rings. The lowest BCUT2D eigenvalue weighted by molar-refractivity contribution is -0.158. The van der Waals surface area contributed by atoms with Gasteiger partial charge in [-0.15, -0.1) is 0 Å². The Bertz CT molecular complexity index is 890. The second kappa shape index (κ2) is 9.11. The number of allylic oxidation sites excluding steroid dienone is 1. The zero-order valence-electron chi connectivity index (χ0n) is 20.9. The third-order valence-corrected chi connectivity index (χ3v) is 7.66. The zero-order valence-corrected chi connectivity index (χ0v) is 20.9. The van der Waals surface area contributed by atoms with Crippen molar-refractivity contribution in [2.45, 2.75) is 83.2 Å². The van der Waals surface area contributed by atoms with Gasteiger partial charge < -0.3 is 24.4 Å². The van der Waals surface area contributed by atoms with E-state index < -0.39 is 47.1 Å². The predicted molar refractivity (Wildman–Crippen MR) is 125 cm³/mol. The third-order valence-electron chi connectivity index (χ3n) is 7.66. The number of carbonyl (C=O) groups is 3. The van der Waals surface area contributed by atoms with Crippen LogP contribution in [0.25, 0.3) is 0 Å². The maximum Gasteiger partial charge on any atom is 0.312 e. The van der Waals surface area contributed by atoms with E-state index in [1.54, 1.807) is 4.90 Å². The molecule has 4 aliphatic rings. The van der Waals surface area contributed by atoms with Crippen molar-refractivity contribution < 1.29 is 29.0 Å². The van der Waals surface area contributed by atoms with Crippen molar-refractivity contribution in [1.29, 1.82) is 0 Å². The van der Waals surface area contributed by atoms with E-state index in [-0.39, 0.29) is 24.3 Å². The fraction of sp³-hybridized carbons (Fsp3) is 0.731. The molecule has 4 aliphatic heterocycles. The summed E-state index contributed by atoms with van der Waals surface area (Å²) in [6.45, 7) is 10.1. The first-order valence-electron chi connectivity index (χ1n) is 12.5. The average molecular weight is 475 g/mol. The van der Waals surface area contributed by atoms with Gasteiger partial charge in [-0.2, -0.15) is 0 Å². The van der Waals surface area contributed by atoms with Crippen LogP contribution in [0.1, 0.15) is 53.9 Å². The molecule has 0 radical (unpaired) electrons. The van der Waals surface area contributed by atoms with Gasteiger partial charge in [-0.3, -0.25) is 14.4 Å². The van der Waals surface area contributed by atoms with Crippen LogP contribution >= 0.6 is 0 Å². The molecule has 0 bridgehead atoms. The first-order chi connectivity index (χ1) is 16.0. The SMILES string of the molecule is CC(C)[C@H](CO)N1C(=O)[C@@H]2[C@H]3C(=O)OCCCC/C=C\[C@H]3O[C@@]23C=CCN(C(C)(C)C)C(=O)C13. The number of aliphatic hydroxyl groups excluding tert-OH is 1. The summed E-state index contributed by atoms with van der Waals surface area (Å²) in [6, 6.07) is -1.55. The average Bonchev–Trinajstić information content (AvgIpc) is 3.13. The number of nitrogens with zero attached hydrogens (tertiary/aromatic N) is 2. The van der Waals surface area contributed by atoms with Crippen LogP contribution in [-0.2, 0) is 23.9 Å². The van der Waals surface area contributed by atoms with Gasteiger partial charge in [0.25, 0.3) is 0 Å². The van der Waals surface area contributed by atoms with Gasteiger partial charge in [0, 0.05) is 12.1 Å². The van der Waals surface area contributed by atoms with E-state index in [2.05, 4.69) is 0 Å². The van der Waals surface area contributed by atoms with Crippen molar-refractivity contribution in [3.63, 3.8) is 0 Å². The molecule has 8 heteroatoms. The van der Waals surface area contributed by atoms with Crippen molar-refractivity contribution in [1.82, 2.24) is 9.80 Å². The van der Waals surface area contributed by atoms with Crippen molar-refractivity contribution >= 4 is 17.8 Å². The summed E-state index contributed by atoms with van der Waals surface area (Å²) in [7, 11) is 0. The summed E-state index contributed by atoms with van der Waals surface area (Å²) in [5, 5.41) is 10.3. The van der Waals surface area contributed by atoms with Gasteiger partial charge >= 0.3 is 5.97 Å². The summed E-state index contributed by atoms with van der Waals surface area (Å²) in [5.41, 5.74) is -1.79. The van der Waals surface area contributed by atoms with Crippen LogP contribution in [0.2, 0.25) is 0 Å². The van der Waals surface area contributed by atoms with E-state index in [9.17, 15) is 19.5 Å². The van der Waals surface area contributed by atoms with E-state index in [4.69, 9.17) is 9.47 Å².